The van der Waals surface area contributed by atoms with Gasteiger partial charge in [-0.2, -0.15) is 0 Å². The molecule has 0 atom stereocenters. The average Bonchev–Trinajstić information content (AvgIpc) is 2.49. The number of nitro benzene ring substituents is 1. The van der Waals surface area contributed by atoms with Crippen LogP contribution in [-0.2, 0) is 10.0 Å². The fraction of sp³-hybridized carbons (Fsp3) is 0.143. The average molecular weight is 357 g/mol. The van der Waals surface area contributed by atoms with Crippen molar-refractivity contribution in [1.29, 1.82) is 0 Å². The zero-order chi connectivity index (χ0) is 17.0. The summed E-state index contributed by atoms with van der Waals surface area (Å²) in [5, 5.41) is 10.9. The lowest BCUT2D eigenvalue weighted by atomic mass is 10.3. The molecule has 1 N–H and O–H groups in total. The molecule has 2 rings (SSSR count). The van der Waals surface area contributed by atoms with Crippen LogP contribution in [-0.4, -0.2) is 19.9 Å². The number of benzene rings is 2. The van der Waals surface area contributed by atoms with Crippen LogP contribution < -0.4 is 9.46 Å². The van der Waals surface area contributed by atoms with Crippen LogP contribution in [0.5, 0.6) is 5.75 Å². The highest BCUT2D eigenvalue weighted by molar-refractivity contribution is 7.92. The highest BCUT2D eigenvalue weighted by Crippen LogP contribution is 2.29. The Morgan fingerprint density at radius 3 is 2.43 bits per heavy atom. The molecule has 0 aliphatic carbocycles. The first-order valence-electron chi connectivity index (χ1n) is 6.53. The zero-order valence-electron chi connectivity index (χ0n) is 12.0. The number of rotatable bonds is 6. The lowest BCUT2D eigenvalue weighted by Gasteiger charge is -2.13. The van der Waals surface area contributed by atoms with Crippen molar-refractivity contribution in [2.24, 2.45) is 0 Å². The Morgan fingerprint density at radius 1 is 1.22 bits per heavy atom. The van der Waals surface area contributed by atoms with E-state index in [0.717, 1.165) is 0 Å². The van der Waals surface area contributed by atoms with Gasteiger partial charge in [0.1, 0.15) is 10.6 Å². The van der Waals surface area contributed by atoms with Crippen molar-refractivity contribution in [2.75, 3.05) is 11.3 Å². The number of hydrogen-bond donors (Lipinski definition) is 1. The number of non-ortho nitro benzene ring substituents is 1. The Balaban J connectivity index is 2.35. The first-order chi connectivity index (χ1) is 10.8. The van der Waals surface area contributed by atoms with E-state index in [1.807, 2.05) is 0 Å². The molecule has 0 heterocycles. The van der Waals surface area contributed by atoms with Crippen LogP contribution in [0.3, 0.4) is 0 Å². The molecule has 2 aromatic carbocycles. The normalized spacial score (nSPS) is 11.0. The molecule has 7 nitrogen and oxygen atoms in total. The van der Waals surface area contributed by atoms with E-state index >= 15 is 0 Å². The summed E-state index contributed by atoms with van der Waals surface area (Å²) in [5.41, 5.74) is 0.0590. The predicted octanol–water partition coefficient (Wildman–Crippen LogP) is 3.45. The van der Waals surface area contributed by atoms with Crippen molar-refractivity contribution in [3.05, 3.63) is 57.6 Å². The summed E-state index contributed by atoms with van der Waals surface area (Å²) < 4.78 is 32.6. The molecule has 122 valence electrons. The summed E-state index contributed by atoms with van der Waals surface area (Å²) in [4.78, 5) is 9.94. The Labute approximate surface area is 138 Å². The fourth-order valence-electron chi connectivity index (χ4n) is 1.83. The summed E-state index contributed by atoms with van der Waals surface area (Å²) in [6.45, 7) is 2.02. The molecule has 23 heavy (non-hydrogen) atoms. The lowest BCUT2D eigenvalue weighted by Crippen LogP contribution is -2.14. The lowest BCUT2D eigenvalue weighted by molar-refractivity contribution is -0.384. The monoisotopic (exact) mass is 356 g/mol. The molecular weight excluding hydrogens is 344 g/mol. The molecule has 0 aromatic heterocycles. The largest absolute Gasteiger partial charge is 0.492 e. The molecule has 0 amide bonds. The molecule has 0 aliphatic rings. The van der Waals surface area contributed by atoms with E-state index in [1.54, 1.807) is 6.92 Å². The molecule has 0 saturated heterocycles. The van der Waals surface area contributed by atoms with Crippen molar-refractivity contribution in [3.8, 4) is 5.75 Å². The van der Waals surface area contributed by atoms with Crippen LogP contribution in [0.15, 0.2) is 47.4 Å². The maximum Gasteiger partial charge on any atom is 0.269 e. The van der Waals surface area contributed by atoms with E-state index in [9.17, 15) is 18.5 Å². The number of ether oxygens (including phenoxy) is 1. The molecule has 2 aromatic rings. The van der Waals surface area contributed by atoms with Crippen LogP contribution >= 0.6 is 11.6 Å². The van der Waals surface area contributed by atoms with Gasteiger partial charge >= 0.3 is 0 Å². The maximum atomic E-state index is 12.5. The molecular formula is C14H13ClN2O5S. The molecule has 0 bridgehead atoms. The van der Waals surface area contributed by atoms with Crippen molar-refractivity contribution in [3.63, 3.8) is 0 Å². The van der Waals surface area contributed by atoms with Gasteiger partial charge in [-0.1, -0.05) is 11.6 Å². The fourth-order valence-corrected chi connectivity index (χ4v) is 3.30. The second kappa shape index (κ2) is 6.84. The van der Waals surface area contributed by atoms with E-state index in [0.29, 0.717) is 6.61 Å². The minimum atomic E-state index is -3.95. The smallest absolute Gasteiger partial charge is 0.269 e. The highest BCUT2D eigenvalue weighted by Gasteiger charge is 2.21. The molecule has 0 fully saturated rings. The van der Waals surface area contributed by atoms with Gasteiger partial charge < -0.3 is 4.74 Å². The van der Waals surface area contributed by atoms with Crippen LogP contribution in [0.4, 0.5) is 11.4 Å². The summed E-state index contributed by atoms with van der Waals surface area (Å²) >= 11 is 5.86. The van der Waals surface area contributed by atoms with Crippen LogP contribution in [0.2, 0.25) is 5.02 Å². The van der Waals surface area contributed by atoms with Crippen molar-refractivity contribution in [1.82, 2.24) is 0 Å². The van der Waals surface area contributed by atoms with Gasteiger partial charge in [0.15, 0.2) is 0 Å². The van der Waals surface area contributed by atoms with Crippen LogP contribution in [0, 0.1) is 10.1 Å². The Hall–Kier alpha value is -2.32. The SMILES string of the molecule is CCOc1ccc(Cl)cc1S(=O)(=O)Nc1ccc([N+](=O)[O-])cc1. The minimum Gasteiger partial charge on any atom is -0.492 e. The van der Waals surface area contributed by atoms with Gasteiger partial charge in [-0.3, -0.25) is 14.8 Å². The third kappa shape index (κ3) is 4.11. The number of anilines is 1. The van der Waals surface area contributed by atoms with Crippen LogP contribution in [0.25, 0.3) is 0 Å². The molecule has 9 heteroatoms. The van der Waals surface area contributed by atoms with Gasteiger partial charge in [-0.15, -0.1) is 0 Å². The first-order valence-corrected chi connectivity index (χ1v) is 8.39. The third-order valence-corrected chi connectivity index (χ3v) is 4.46. The highest BCUT2D eigenvalue weighted by atomic mass is 35.5. The summed E-state index contributed by atoms with van der Waals surface area (Å²) in [6.07, 6.45) is 0. The van der Waals surface area contributed by atoms with E-state index in [4.69, 9.17) is 16.3 Å². The summed E-state index contributed by atoms with van der Waals surface area (Å²) in [6, 6.07) is 9.30. The summed E-state index contributed by atoms with van der Waals surface area (Å²) in [7, 11) is -3.95. The van der Waals surface area contributed by atoms with Gasteiger partial charge in [0, 0.05) is 22.8 Å². The van der Waals surface area contributed by atoms with Crippen molar-refractivity contribution < 1.29 is 18.1 Å². The Morgan fingerprint density at radius 2 is 1.87 bits per heavy atom. The van der Waals surface area contributed by atoms with E-state index < -0.39 is 14.9 Å². The third-order valence-electron chi connectivity index (χ3n) is 2.83. The number of nitro groups is 1. The maximum absolute atomic E-state index is 12.5. The number of halogens is 1. The minimum absolute atomic E-state index is 0.106. The second-order valence-electron chi connectivity index (χ2n) is 4.43. The topological polar surface area (TPSA) is 98.5 Å². The summed E-state index contributed by atoms with van der Waals surface area (Å²) in [5.74, 6) is 0.173. The molecule has 0 unspecified atom stereocenters. The zero-order valence-corrected chi connectivity index (χ0v) is 13.6. The Kier molecular flexibility index (Phi) is 5.07. The number of hydrogen-bond acceptors (Lipinski definition) is 5. The van der Waals surface area contributed by atoms with Gasteiger partial charge in [0.25, 0.3) is 15.7 Å². The Bertz CT molecular complexity index is 822. The van der Waals surface area contributed by atoms with Gasteiger partial charge in [0.05, 0.1) is 11.5 Å². The standard InChI is InChI=1S/C14H13ClN2O5S/c1-2-22-13-8-3-10(15)9-14(13)23(20,21)16-11-4-6-12(7-5-11)17(18)19/h3-9,16H,2H2,1H3. The van der Waals surface area contributed by atoms with E-state index in [1.165, 1.54) is 42.5 Å². The van der Waals surface area contributed by atoms with Gasteiger partial charge in [-0.25, -0.2) is 8.42 Å². The van der Waals surface area contributed by atoms with Crippen molar-refractivity contribution >= 4 is 33.0 Å². The van der Waals surface area contributed by atoms with Crippen molar-refractivity contribution in [2.45, 2.75) is 11.8 Å². The second-order valence-corrected chi connectivity index (χ2v) is 6.52. The first kappa shape index (κ1) is 17.0. The molecule has 0 spiro atoms. The number of sulfonamides is 1. The molecule has 0 aliphatic heterocycles. The van der Waals surface area contributed by atoms with E-state index in [2.05, 4.69) is 4.72 Å². The molecule has 0 radical (unpaired) electrons. The predicted molar refractivity (Wildman–Crippen MR) is 86.5 cm³/mol. The van der Waals surface area contributed by atoms with Gasteiger partial charge in [-0.05, 0) is 37.3 Å². The van der Waals surface area contributed by atoms with E-state index in [-0.39, 0.29) is 27.0 Å². The van der Waals surface area contributed by atoms with Gasteiger partial charge in [0.2, 0.25) is 0 Å². The number of nitrogens with one attached hydrogen (secondary N) is 1. The van der Waals surface area contributed by atoms with Crippen LogP contribution in [0.1, 0.15) is 6.92 Å². The molecule has 0 saturated carbocycles. The quantitative estimate of drug-likeness (QED) is 0.631. The number of nitrogens with zero attached hydrogens (tertiary/aromatic N) is 1.